The number of fused-ring (bicyclic) bond motifs is 1. The summed E-state index contributed by atoms with van der Waals surface area (Å²) in [6.45, 7) is 6.28. The third-order valence-corrected chi connectivity index (χ3v) is 4.00. The van der Waals surface area contributed by atoms with Crippen LogP contribution in [0.3, 0.4) is 0 Å². The molecule has 26 heavy (non-hydrogen) atoms. The number of hydrogen-bond donors (Lipinski definition) is 1. The molecule has 0 aliphatic rings. The molecule has 1 aromatic heterocycles. The highest BCUT2D eigenvalue weighted by molar-refractivity contribution is 5.92. The molecular formula is C21H21NO4. The maximum atomic E-state index is 12.1. The van der Waals surface area contributed by atoms with Gasteiger partial charge < -0.3 is 14.5 Å². The highest BCUT2D eigenvalue weighted by Crippen LogP contribution is 2.23. The zero-order valence-corrected chi connectivity index (χ0v) is 15.0. The number of nitrogens with one attached hydrogen (secondary N) is 1. The van der Waals surface area contributed by atoms with Gasteiger partial charge in [-0.05, 0) is 41.3 Å². The topological polar surface area (TPSA) is 68.5 Å². The monoisotopic (exact) mass is 351 g/mol. The van der Waals surface area contributed by atoms with E-state index in [2.05, 4.69) is 26.1 Å². The Morgan fingerprint density at radius 2 is 1.73 bits per heavy atom. The normalized spacial score (nSPS) is 11.3. The van der Waals surface area contributed by atoms with E-state index in [1.807, 2.05) is 24.3 Å². The van der Waals surface area contributed by atoms with E-state index in [-0.39, 0.29) is 17.9 Å². The van der Waals surface area contributed by atoms with Crippen molar-refractivity contribution in [1.82, 2.24) is 0 Å². The standard InChI is InChI=1S/C21H21NO4/c1-21(2,3)15-6-8-16(9-7-15)22-19(23)13-25-17-10-4-14-5-11-20(24)26-18(14)12-17/h4-12H,13H2,1-3H3,(H,22,23). The van der Waals surface area contributed by atoms with E-state index in [0.717, 1.165) is 11.1 Å². The lowest BCUT2D eigenvalue weighted by Gasteiger charge is -2.19. The highest BCUT2D eigenvalue weighted by Gasteiger charge is 2.13. The van der Waals surface area contributed by atoms with Crippen LogP contribution >= 0.6 is 0 Å². The molecule has 5 heteroatoms. The van der Waals surface area contributed by atoms with Crippen molar-refractivity contribution in [3.05, 3.63) is 70.6 Å². The Labute approximate surface area is 151 Å². The predicted octanol–water partition coefficient (Wildman–Crippen LogP) is 4.11. The molecule has 0 spiro atoms. The molecule has 1 N–H and O–H groups in total. The van der Waals surface area contributed by atoms with Crippen molar-refractivity contribution >= 4 is 22.6 Å². The van der Waals surface area contributed by atoms with Gasteiger partial charge in [-0.1, -0.05) is 32.9 Å². The lowest BCUT2D eigenvalue weighted by atomic mass is 9.87. The van der Waals surface area contributed by atoms with Gasteiger partial charge in [0.15, 0.2) is 6.61 Å². The molecular weight excluding hydrogens is 330 g/mol. The maximum Gasteiger partial charge on any atom is 0.336 e. The number of amides is 1. The Morgan fingerprint density at radius 3 is 2.42 bits per heavy atom. The highest BCUT2D eigenvalue weighted by atomic mass is 16.5. The number of anilines is 1. The van der Waals surface area contributed by atoms with Gasteiger partial charge in [-0.15, -0.1) is 0 Å². The Balaban J connectivity index is 1.61. The molecule has 1 heterocycles. The first-order valence-corrected chi connectivity index (χ1v) is 8.38. The summed E-state index contributed by atoms with van der Waals surface area (Å²) in [6, 6.07) is 15.9. The van der Waals surface area contributed by atoms with Gasteiger partial charge in [0.05, 0.1) is 0 Å². The molecule has 5 nitrogen and oxygen atoms in total. The number of ether oxygens (including phenoxy) is 1. The fourth-order valence-electron chi connectivity index (χ4n) is 2.53. The van der Waals surface area contributed by atoms with Gasteiger partial charge in [0.25, 0.3) is 5.91 Å². The number of carbonyl (C=O) groups is 1. The van der Waals surface area contributed by atoms with Gasteiger partial charge in [-0.3, -0.25) is 4.79 Å². The van der Waals surface area contributed by atoms with Crippen molar-refractivity contribution < 1.29 is 13.9 Å². The molecule has 0 unspecified atom stereocenters. The van der Waals surface area contributed by atoms with Gasteiger partial charge in [0, 0.05) is 23.2 Å². The average molecular weight is 351 g/mol. The molecule has 3 aromatic rings. The van der Waals surface area contributed by atoms with E-state index in [1.54, 1.807) is 24.3 Å². The molecule has 3 rings (SSSR count). The molecule has 0 saturated heterocycles. The second-order valence-electron chi connectivity index (χ2n) is 7.12. The summed E-state index contributed by atoms with van der Waals surface area (Å²) in [5, 5.41) is 3.59. The fraction of sp³-hybridized carbons (Fsp3) is 0.238. The van der Waals surface area contributed by atoms with Crippen molar-refractivity contribution in [3.8, 4) is 5.75 Å². The van der Waals surface area contributed by atoms with Gasteiger partial charge in [-0.2, -0.15) is 0 Å². The van der Waals surface area contributed by atoms with Crippen LogP contribution < -0.4 is 15.7 Å². The lowest BCUT2D eigenvalue weighted by molar-refractivity contribution is -0.118. The summed E-state index contributed by atoms with van der Waals surface area (Å²) in [5.74, 6) is 0.202. The van der Waals surface area contributed by atoms with Gasteiger partial charge >= 0.3 is 5.63 Å². The van der Waals surface area contributed by atoms with E-state index >= 15 is 0 Å². The Bertz CT molecular complexity index is 981. The van der Waals surface area contributed by atoms with E-state index in [1.165, 1.54) is 11.6 Å². The summed E-state index contributed by atoms with van der Waals surface area (Å²) in [5.41, 5.74) is 1.98. The van der Waals surface area contributed by atoms with E-state index < -0.39 is 5.63 Å². The van der Waals surface area contributed by atoms with E-state index in [0.29, 0.717) is 11.3 Å². The molecule has 134 valence electrons. The van der Waals surface area contributed by atoms with Crippen LogP contribution in [0.4, 0.5) is 5.69 Å². The Morgan fingerprint density at radius 1 is 1.04 bits per heavy atom. The van der Waals surface area contributed by atoms with Crippen LogP contribution in [-0.4, -0.2) is 12.5 Å². The van der Waals surface area contributed by atoms with Crippen LogP contribution in [0.25, 0.3) is 11.0 Å². The van der Waals surface area contributed by atoms with E-state index in [4.69, 9.17) is 9.15 Å². The number of carbonyl (C=O) groups excluding carboxylic acids is 1. The third kappa shape index (κ3) is 4.30. The smallest absolute Gasteiger partial charge is 0.336 e. The lowest BCUT2D eigenvalue weighted by Crippen LogP contribution is -2.20. The van der Waals surface area contributed by atoms with Crippen LogP contribution in [0.2, 0.25) is 0 Å². The average Bonchev–Trinajstić information content (AvgIpc) is 2.59. The van der Waals surface area contributed by atoms with Gasteiger partial charge in [0.2, 0.25) is 0 Å². The molecule has 2 aromatic carbocycles. The van der Waals surface area contributed by atoms with Crippen molar-refractivity contribution in [2.24, 2.45) is 0 Å². The zero-order chi connectivity index (χ0) is 18.7. The number of hydrogen-bond acceptors (Lipinski definition) is 4. The van der Waals surface area contributed by atoms with Crippen molar-refractivity contribution in [3.63, 3.8) is 0 Å². The Hall–Kier alpha value is -3.08. The molecule has 0 fully saturated rings. The summed E-state index contributed by atoms with van der Waals surface area (Å²) >= 11 is 0. The molecule has 0 atom stereocenters. The summed E-state index contributed by atoms with van der Waals surface area (Å²) in [4.78, 5) is 23.4. The summed E-state index contributed by atoms with van der Waals surface area (Å²) in [7, 11) is 0. The maximum absolute atomic E-state index is 12.1. The van der Waals surface area contributed by atoms with Crippen molar-refractivity contribution in [2.75, 3.05) is 11.9 Å². The van der Waals surface area contributed by atoms with E-state index in [9.17, 15) is 9.59 Å². The minimum absolute atomic E-state index is 0.0662. The summed E-state index contributed by atoms with van der Waals surface area (Å²) < 4.78 is 10.6. The number of rotatable bonds is 4. The van der Waals surface area contributed by atoms with Crippen LogP contribution in [0, 0.1) is 0 Å². The minimum Gasteiger partial charge on any atom is -0.484 e. The largest absolute Gasteiger partial charge is 0.484 e. The molecule has 0 radical (unpaired) electrons. The molecule has 1 amide bonds. The first kappa shape index (κ1) is 17.7. The second-order valence-corrected chi connectivity index (χ2v) is 7.12. The summed E-state index contributed by atoms with van der Waals surface area (Å²) in [6.07, 6.45) is 0. The third-order valence-electron chi connectivity index (χ3n) is 4.00. The molecule has 0 aliphatic heterocycles. The van der Waals surface area contributed by atoms with Crippen LogP contribution in [0.15, 0.2) is 63.8 Å². The first-order chi connectivity index (χ1) is 12.3. The minimum atomic E-state index is -0.425. The fourth-order valence-corrected chi connectivity index (χ4v) is 2.53. The van der Waals surface area contributed by atoms with Gasteiger partial charge in [-0.25, -0.2) is 4.79 Å². The number of benzene rings is 2. The van der Waals surface area contributed by atoms with Crippen LogP contribution in [0.5, 0.6) is 5.75 Å². The first-order valence-electron chi connectivity index (χ1n) is 8.38. The van der Waals surface area contributed by atoms with Crippen molar-refractivity contribution in [1.29, 1.82) is 0 Å². The molecule has 0 bridgehead atoms. The SMILES string of the molecule is CC(C)(C)c1ccc(NC(=O)COc2ccc3ccc(=O)oc3c2)cc1. The Kier molecular flexibility index (Phi) is 4.80. The van der Waals surface area contributed by atoms with Crippen LogP contribution in [0.1, 0.15) is 26.3 Å². The molecule has 0 aliphatic carbocycles. The predicted molar refractivity (Wildman–Crippen MR) is 102 cm³/mol. The van der Waals surface area contributed by atoms with Gasteiger partial charge in [0.1, 0.15) is 11.3 Å². The van der Waals surface area contributed by atoms with Crippen molar-refractivity contribution in [2.45, 2.75) is 26.2 Å². The quantitative estimate of drug-likeness (QED) is 0.718. The van der Waals surface area contributed by atoms with Crippen LogP contribution in [-0.2, 0) is 10.2 Å². The molecule has 0 saturated carbocycles. The second kappa shape index (κ2) is 7.04. The zero-order valence-electron chi connectivity index (χ0n) is 15.0.